The van der Waals surface area contributed by atoms with E-state index in [1.807, 2.05) is 0 Å². The Morgan fingerprint density at radius 1 is 1.50 bits per heavy atom. The van der Waals surface area contributed by atoms with Crippen molar-refractivity contribution < 1.29 is 4.79 Å². The van der Waals surface area contributed by atoms with Crippen LogP contribution in [0.15, 0.2) is 22.7 Å². The molecular formula is C9H10BrClN2O. The van der Waals surface area contributed by atoms with Crippen molar-refractivity contribution in [2.24, 2.45) is 0 Å². The molecule has 0 saturated heterocycles. The van der Waals surface area contributed by atoms with Gasteiger partial charge >= 0.3 is 0 Å². The maximum absolute atomic E-state index is 11.5. The van der Waals surface area contributed by atoms with Gasteiger partial charge in [0.05, 0.1) is 5.02 Å². The maximum Gasteiger partial charge on any atom is 0.265 e. The summed E-state index contributed by atoms with van der Waals surface area (Å²) in [6, 6.07) is 5.03. The average molecular weight is 278 g/mol. The lowest BCUT2D eigenvalue weighted by Gasteiger charge is -2.11. The number of hydrogen-bond donors (Lipinski definition) is 1. The summed E-state index contributed by atoms with van der Waals surface area (Å²) in [6.45, 7) is 0. The molecule has 5 heteroatoms. The number of carbonyl (C=O) groups excluding carboxylic acids is 1. The van der Waals surface area contributed by atoms with Crippen LogP contribution in [0.25, 0.3) is 0 Å². The Hall–Kier alpha value is -0.580. The molecule has 0 radical (unpaired) electrons. The Morgan fingerprint density at radius 2 is 2.14 bits per heavy atom. The number of hydrogen-bond acceptors (Lipinski definition) is 2. The summed E-state index contributed by atoms with van der Waals surface area (Å²) in [6.07, 6.45) is 0. The van der Waals surface area contributed by atoms with E-state index in [4.69, 9.17) is 11.6 Å². The summed E-state index contributed by atoms with van der Waals surface area (Å²) in [4.78, 5) is 11.5. The van der Waals surface area contributed by atoms with E-state index in [9.17, 15) is 4.79 Å². The van der Waals surface area contributed by atoms with Gasteiger partial charge in [0.1, 0.15) is 0 Å². The van der Waals surface area contributed by atoms with Gasteiger partial charge in [0.15, 0.2) is 0 Å². The van der Waals surface area contributed by atoms with Crippen LogP contribution in [0.5, 0.6) is 0 Å². The molecule has 0 aliphatic rings. The van der Waals surface area contributed by atoms with E-state index in [2.05, 4.69) is 21.4 Å². The topological polar surface area (TPSA) is 32.3 Å². The van der Waals surface area contributed by atoms with Crippen LogP contribution in [0.3, 0.4) is 0 Å². The molecule has 0 aliphatic carbocycles. The second-order valence-corrected chi connectivity index (χ2v) is 4.23. The molecule has 0 saturated carbocycles. The Bertz CT molecular complexity index is 355. The zero-order valence-corrected chi connectivity index (χ0v) is 10.2. The number of benzene rings is 1. The molecule has 1 N–H and O–H groups in total. The van der Waals surface area contributed by atoms with Crippen molar-refractivity contribution in [3.63, 3.8) is 0 Å². The Labute approximate surface area is 96.1 Å². The van der Waals surface area contributed by atoms with E-state index >= 15 is 0 Å². The maximum atomic E-state index is 11.5. The van der Waals surface area contributed by atoms with Crippen LogP contribution in [-0.4, -0.2) is 25.0 Å². The summed E-state index contributed by atoms with van der Waals surface area (Å²) in [5, 5.41) is 2.18. The lowest BCUT2D eigenvalue weighted by molar-refractivity contribution is 0.0857. The van der Waals surface area contributed by atoms with Crippen LogP contribution >= 0.6 is 27.5 Å². The van der Waals surface area contributed by atoms with E-state index < -0.39 is 0 Å². The van der Waals surface area contributed by atoms with Crippen LogP contribution in [-0.2, 0) is 0 Å². The first-order valence-corrected chi connectivity index (χ1v) is 5.11. The number of nitrogens with zero attached hydrogens (tertiary/aromatic N) is 1. The summed E-state index contributed by atoms with van der Waals surface area (Å²) in [5.41, 5.74) is 3.20. The summed E-state index contributed by atoms with van der Waals surface area (Å²) in [7, 11) is 3.51. The number of carbonyl (C=O) groups is 1. The van der Waals surface area contributed by atoms with Crippen LogP contribution in [0.1, 0.15) is 10.4 Å². The highest BCUT2D eigenvalue weighted by Crippen LogP contribution is 2.23. The third kappa shape index (κ3) is 2.97. The van der Waals surface area contributed by atoms with Gasteiger partial charge in [0, 0.05) is 24.1 Å². The molecule has 1 aromatic carbocycles. The fourth-order valence-electron chi connectivity index (χ4n) is 0.905. The highest BCUT2D eigenvalue weighted by atomic mass is 79.9. The van der Waals surface area contributed by atoms with Crippen molar-refractivity contribution in [1.29, 1.82) is 0 Å². The van der Waals surface area contributed by atoms with Crippen LogP contribution in [0.4, 0.5) is 0 Å². The van der Waals surface area contributed by atoms with Gasteiger partial charge in [0.2, 0.25) is 0 Å². The molecule has 14 heavy (non-hydrogen) atoms. The lowest BCUT2D eigenvalue weighted by atomic mass is 10.2. The number of halogens is 2. The van der Waals surface area contributed by atoms with Gasteiger partial charge in [-0.3, -0.25) is 10.2 Å². The Morgan fingerprint density at radius 3 is 2.64 bits per heavy atom. The van der Waals surface area contributed by atoms with Crippen LogP contribution in [0.2, 0.25) is 5.02 Å². The molecule has 1 rings (SSSR count). The largest absolute Gasteiger partial charge is 0.285 e. The quantitative estimate of drug-likeness (QED) is 0.842. The lowest BCUT2D eigenvalue weighted by Crippen LogP contribution is -2.36. The molecule has 0 bridgehead atoms. The van der Waals surface area contributed by atoms with E-state index in [1.54, 1.807) is 37.3 Å². The van der Waals surface area contributed by atoms with Gasteiger partial charge in [0.25, 0.3) is 5.91 Å². The normalized spacial score (nSPS) is 10.4. The number of rotatable bonds is 2. The third-order valence-corrected chi connectivity index (χ3v) is 2.72. The molecule has 0 heterocycles. The van der Waals surface area contributed by atoms with Crippen LogP contribution < -0.4 is 5.43 Å². The van der Waals surface area contributed by atoms with Gasteiger partial charge in [-0.2, -0.15) is 0 Å². The van der Waals surface area contributed by atoms with E-state index in [-0.39, 0.29) is 5.91 Å². The van der Waals surface area contributed by atoms with Gasteiger partial charge < -0.3 is 0 Å². The summed E-state index contributed by atoms with van der Waals surface area (Å²) in [5.74, 6) is -0.160. The monoisotopic (exact) mass is 276 g/mol. The predicted molar refractivity (Wildman–Crippen MR) is 60.3 cm³/mol. The molecule has 76 valence electrons. The third-order valence-electron chi connectivity index (χ3n) is 1.51. The zero-order valence-electron chi connectivity index (χ0n) is 7.84. The van der Waals surface area contributed by atoms with Crippen LogP contribution in [0, 0.1) is 0 Å². The highest BCUT2D eigenvalue weighted by molar-refractivity contribution is 9.10. The second kappa shape index (κ2) is 4.77. The minimum absolute atomic E-state index is 0.160. The number of amides is 1. The average Bonchev–Trinajstić information content (AvgIpc) is 2.08. The van der Waals surface area contributed by atoms with E-state index in [0.717, 1.165) is 0 Å². The van der Waals surface area contributed by atoms with E-state index in [1.165, 1.54) is 0 Å². The highest BCUT2D eigenvalue weighted by Gasteiger charge is 2.07. The molecule has 0 fully saturated rings. The molecule has 0 unspecified atom stereocenters. The van der Waals surface area contributed by atoms with Crippen molar-refractivity contribution >= 4 is 33.4 Å². The molecule has 0 aromatic heterocycles. The van der Waals surface area contributed by atoms with Crippen molar-refractivity contribution in [1.82, 2.24) is 10.4 Å². The first kappa shape index (κ1) is 11.5. The molecule has 1 aromatic rings. The summed E-state index contributed by atoms with van der Waals surface area (Å²) >= 11 is 9.06. The summed E-state index contributed by atoms with van der Waals surface area (Å²) < 4.78 is 0.713. The zero-order chi connectivity index (χ0) is 10.7. The molecular weight excluding hydrogens is 267 g/mol. The molecule has 0 spiro atoms. The molecule has 1 amide bonds. The first-order chi connectivity index (χ1) is 6.50. The Kier molecular flexibility index (Phi) is 3.92. The number of hydrazine groups is 1. The van der Waals surface area contributed by atoms with E-state index in [0.29, 0.717) is 15.1 Å². The fraction of sp³-hybridized carbons (Fsp3) is 0.222. The molecule has 3 nitrogen and oxygen atoms in total. The van der Waals surface area contributed by atoms with Crippen molar-refractivity contribution in [2.45, 2.75) is 0 Å². The second-order valence-electron chi connectivity index (χ2n) is 2.96. The van der Waals surface area contributed by atoms with Gasteiger partial charge in [-0.15, -0.1) is 0 Å². The first-order valence-electron chi connectivity index (χ1n) is 3.94. The molecule has 0 aliphatic heterocycles. The van der Waals surface area contributed by atoms with Gasteiger partial charge in [-0.1, -0.05) is 11.6 Å². The smallest absolute Gasteiger partial charge is 0.265 e. The minimum atomic E-state index is -0.160. The SMILES string of the molecule is CN(C)NC(=O)c1ccc(Cl)c(Br)c1. The fourth-order valence-corrected chi connectivity index (χ4v) is 1.40. The van der Waals surface area contributed by atoms with Gasteiger partial charge in [-0.05, 0) is 34.1 Å². The van der Waals surface area contributed by atoms with Gasteiger partial charge in [-0.25, -0.2) is 5.01 Å². The minimum Gasteiger partial charge on any atom is -0.285 e. The standard InChI is InChI=1S/C9H10BrClN2O/c1-13(2)12-9(14)6-3-4-8(11)7(10)5-6/h3-5H,1-2H3,(H,12,14). The molecule has 0 atom stereocenters. The van der Waals surface area contributed by atoms with Crippen molar-refractivity contribution in [2.75, 3.05) is 14.1 Å². The Balaban J connectivity index is 2.86. The van der Waals surface area contributed by atoms with Crippen molar-refractivity contribution in [3.05, 3.63) is 33.3 Å². The number of nitrogens with one attached hydrogen (secondary N) is 1. The predicted octanol–water partition coefficient (Wildman–Crippen LogP) is 2.31. The van der Waals surface area contributed by atoms with Crippen molar-refractivity contribution in [3.8, 4) is 0 Å².